The molecule has 1 fully saturated rings. The molecule has 0 aromatic heterocycles. The van der Waals surface area contributed by atoms with Gasteiger partial charge in [0.15, 0.2) is 0 Å². The van der Waals surface area contributed by atoms with Crippen LogP contribution < -0.4 is 5.32 Å². The van der Waals surface area contributed by atoms with Crippen LogP contribution in [0.2, 0.25) is 0 Å². The van der Waals surface area contributed by atoms with Crippen LogP contribution in [0.1, 0.15) is 31.2 Å². The molecule has 1 heterocycles. The molecule has 150 valence electrons. The van der Waals surface area contributed by atoms with E-state index < -0.39 is 0 Å². The molecule has 0 radical (unpaired) electrons. The molecule has 7 heteroatoms. The number of phenols is 1. The minimum absolute atomic E-state index is 0.0428. The first-order valence-electron chi connectivity index (χ1n) is 9.42. The van der Waals surface area contributed by atoms with Crippen LogP contribution >= 0.6 is 24.0 Å². The Morgan fingerprint density at radius 3 is 2.66 bits per heavy atom. The highest BCUT2D eigenvalue weighted by molar-refractivity contribution is 8.19. The Kier molecular flexibility index (Phi) is 7.43. The van der Waals surface area contributed by atoms with Gasteiger partial charge in [0.1, 0.15) is 10.7 Å². The van der Waals surface area contributed by atoms with Gasteiger partial charge in [-0.1, -0.05) is 55.0 Å². The van der Waals surface area contributed by atoms with Gasteiger partial charge in [-0.05, 0) is 48.4 Å². The molecule has 0 aliphatic carbocycles. The van der Waals surface area contributed by atoms with E-state index in [-0.39, 0.29) is 16.9 Å². The second-order valence-corrected chi connectivity index (χ2v) is 8.03. The summed E-state index contributed by atoms with van der Waals surface area (Å²) in [6.07, 6.45) is 4.66. The molecule has 5 nitrogen and oxygen atoms in total. The van der Waals surface area contributed by atoms with E-state index in [1.165, 1.54) is 17.8 Å². The molecule has 1 saturated heterocycles. The van der Waals surface area contributed by atoms with Crippen molar-refractivity contribution in [1.82, 2.24) is 4.90 Å². The number of thiocarbonyl (C=S) groups is 1. The Hall–Kier alpha value is -2.64. The Balaban J connectivity index is 1.40. The van der Waals surface area contributed by atoms with Crippen LogP contribution in [-0.2, 0) is 4.79 Å². The number of carbonyl (C=O) groups excluding carboxylic acids is 2. The number of nitrogens with zero attached hydrogens (tertiary/aromatic N) is 1. The number of thioether (sulfide) groups is 1. The molecule has 0 saturated carbocycles. The highest BCUT2D eigenvalue weighted by atomic mass is 32.2. The van der Waals surface area contributed by atoms with Gasteiger partial charge in [-0.3, -0.25) is 14.5 Å². The molecular weight excluding hydrogens is 404 g/mol. The third-order valence-electron chi connectivity index (χ3n) is 4.39. The van der Waals surface area contributed by atoms with Gasteiger partial charge in [-0.2, -0.15) is 0 Å². The van der Waals surface area contributed by atoms with Gasteiger partial charge in [0, 0.05) is 24.7 Å². The molecule has 2 N–H and O–H groups in total. The lowest BCUT2D eigenvalue weighted by molar-refractivity contribution is -0.116. The van der Waals surface area contributed by atoms with Gasteiger partial charge >= 0.3 is 0 Å². The minimum Gasteiger partial charge on any atom is -0.508 e. The molecule has 0 bridgehead atoms. The summed E-state index contributed by atoms with van der Waals surface area (Å²) in [5.74, 6) is 0.0274. The van der Waals surface area contributed by atoms with Crippen LogP contribution in [-0.4, -0.2) is 32.7 Å². The number of nitrogens with one attached hydrogen (secondary N) is 1. The first-order chi connectivity index (χ1) is 14.0. The van der Waals surface area contributed by atoms with Gasteiger partial charge in [-0.15, -0.1) is 0 Å². The number of aromatic hydroxyl groups is 1. The van der Waals surface area contributed by atoms with Crippen molar-refractivity contribution in [3.05, 3.63) is 65.1 Å². The van der Waals surface area contributed by atoms with E-state index in [1.54, 1.807) is 23.1 Å². The average molecular weight is 427 g/mol. The van der Waals surface area contributed by atoms with E-state index in [0.717, 1.165) is 29.7 Å². The van der Waals surface area contributed by atoms with Crippen LogP contribution in [0.4, 0.5) is 10.5 Å². The van der Waals surface area contributed by atoms with Gasteiger partial charge in [0.2, 0.25) is 5.91 Å². The van der Waals surface area contributed by atoms with E-state index in [9.17, 15) is 14.7 Å². The topological polar surface area (TPSA) is 69.6 Å². The molecule has 2 aromatic carbocycles. The maximum atomic E-state index is 12.3. The zero-order valence-corrected chi connectivity index (χ0v) is 17.5. The van der Waals surface area contributed by atoms with Gasteiger partial charge in [-0.25, -0.2) is 0 Å². The Bertz CT molecular complexity index is 929. The first kappa shape index (κ1) is 21.1. The zero-order chi connectivity index (χ0) is 20.6. The van der Waals surface area contributed by atoms with Crippen molar-refractivity contribution in [3.8, 4) is 5.75 Å². The van der Waals surface area contributed by atoms with Crippen LogP contribution in [0.5, 0.6) is 5.75 Å². The van der Waals surface area contributed by atoms with E-state index in [1.807, 2.05) is 36.4 Å². The number of hydrogen-bond acceptors (Lipinski definition) is 5. The van der Waals surface area contributed by atoms with E-state index in [0.29, 0.717) is 23.6 Å². The van der Waals surface area contributed by atoms with Crippen molar-refractivity contribution in [2.45, 2.75) is 25.7 Å². The Morgan fingerprint density at radius 1 is 1.10 bits per heavy atom. The molecule has 0 spiro atoms. The van der Waals surface area contributed by atoms with Crippen LogP contribution in [0.25, 0.3) is 6.08 Å². The fraction of sp³-hybridized carbons (Fsp3) is 0.227. The highest BCUT2D eigenvalue weighted by Crippen LogP contribution is 2.33. The molecule has 0 unspecified atom stereocenters. The normalized spacial score (nSPS) is 15.2. The second kappa shape index (κ2) is 10.2. The summed E-state index contributed by atoms with van der Waals surface area (Å²) in [7, 11) is 0. The van der Waals surface area contributed by atoms with Crippen molar-refractivity contribution >= 4 is 51.9 Å². The summed E-state index contributed by atoms with van der Waals surface area (Å²) >= 11 is 6.64. The maximum absolute atomic E-state index is 12.3. The van der Waals surface area contributed by atoms with Crippen molar-refractivity contribution < 1.29 is 14.7 Å². The molecular formula is C22H22N2O3S2. The van der Waals surface area contributed by atoms with Crippen LogP contribution in [0.3, 0.4) is 0 Å². The lowest BCUT2D eigenvalue weighted by atomic mass is 10.1. The fourth-order valence-corrected chi connectivity index (χ4v) is 4.22. The number of unbranched alkanes of at least 4 members (excludes halogenated alkanes) is 2. The summed E-state index contributed by atoms with van der Waals surface area (Å²) in [6, 6.07) is 16.3. The van der Waals surface area contributed by atoms with Gasteiger partial charge in [0.05, 0.1) is 4.91 Å². The maximum Gasteiger partial charge on any atom is 0.291 e. The number of anilines is 1. The quantitative estimate of drug-likeness (QED) is 0.335. The van der Waals surface area contributed by atoms with Gasteiger partial charge in [0.25, 0.3) is 5.24 Å². The summed E-state index contributed by atoms with van der Waals surface area (Å²) in [4.78, 5) is 27.3. The molecule has 29 heavy (non-hydrogen) atoms. The predicted molar refractivity (Wildman–Crippen MR) is 122 cm³/mol. The third-order valence-corrected chi connectivity index (χ3v) is 5.88. The second-order valence-electron chi connectivity index (χ2n) is 6.65. The van der Waals surface area contributed by atoms with E-state index >= 15 is 0 Å². The zero-order valence-electron chi connectivity index (χ0n) is 15.8. The summed E-state index contributed by atoms with van der Waals surface area (Å²) in [5.41, 5.74) is 1.60. The third kappa shape index (κ3) is 6.17. The monoisotopic (exact) mass is 426 g/mol. The lowest BCUT2D eigenvalue weighted by Crippen LogP contribution is -2.28. The Labute approximate surface area is 179 Å². The number of phenolic OH excluding ortho intramolecular Hbond substituents is 1. The smallest absolute Gasteiger partial charge is 0.291 e. The number of amides is 2. The molecule has 1 aliphatic rings. The van der Waals surface area contributed by atoms with Crippen molar-refractivity contribution in [3.63, 3.8) is 0 Å². The fourth-order valence-electron chi connectivity index (χ4n) is 2.93. The summed E-state index contributed by atoms with van der Waals surface area (Å²) < 4.78 is 0. The Morgan fingerprint density at radius 2 is 1.90 bits per heavy atom. The number of carbonyl (C=O) groups is 2. The van der Waals surface area contributed by atoms with Crippen molar-refractivity contribution in [1.29, 1.82) is 0 Å². The van der Waals surface area contributed by atoms with Crippen molar-refractivity contribution in [2.24, 2.45) is 0 Å². The SMILES string of the molecule is O=C(CCCCCN1C(=O)S/C(=C/c2ccccc2)C1=S)Nc1cccc(O)c1. The highest BCUT2D eigenvalue weighted by Gasteiger charge is 2.30. The average Bonchev–Trinajstić information content (AvgIpc) is 2.95. The largest absolute Gasteiger partial charge is 0.508 e. The molecule has 2 aromatic rings. The molecule has 1 aliphatic heterocycles. The number of benzene rings is 2. The first-order valence-corrected chi connectivity index (χ1v) is 10.6. The molecule has 3 rings (SSSR count). The van der Waals surface area contributed by atoms with E-state index in [2.05, 4.69) is 5.32 Å². The summed E-state index contributed by atoms with van der Waals surface area (Å²) in [6.45, 7) is 0.560. The predicted octanol–water partition coefficient (Wildman–Crippen LogP) is 5.43. The van der Waals surface area contributed by atoms with Gasteiger partial charge < -0.3 is 10.4 Å². The van der Waals surface area contributed by atoms with E-state index in [4.69, 9.17) is 12.2 Å². The number of rotatable bonds is 8. The lowest BCUT2D eigenvalue weighted by Gasteiger charge is -2.14. The minimum atomic E-state index is -0.0907. The standard InChI is InChI=1S/C22H22N2O3S2/c25-18-11-7-10-17(15-18)23-20(26)12-5-2-6-13-24-21(28)19(29-22(24)27)14-16-8-3-1-4-9-16/h1,3-4,7-11,14-15,25H,2,5-6,12-13H2,(H,23,26)/b19-14+. The van der Waals surface area contributed by atoms with Crippen LogP contribution in [0, 0.1) is 0 Å². The summed E-state index contributed by atoms with van der Waals surface area (Å²) in [5, 5.41) is 12.1. The molecule has 0 atom stereocenters. The molecule has 2 amide bonds. The van der Waals surface area contributed by atoms with Crippen LogP contribution in [0.15, 0.2) is 59.5 Å². The van der Waals surface area contributed by atoms with Crippen molar-refractivity contribution in [2.75, 3.05) is 11.9 Å². The number of hydrogen-bond donors (Lipinski definition) is 2.